The van der Waals surface area contributed by atoms with Gasteiger partial charge in [-0.2, -0.15) is 0 Å². The first-order valence-electron chi connectivity index (χ1n) is 6.05. The largest absolute Gasteiger partial charge is 0.366 e. The monoisotopic (exact) mass is 242 g/mol. The van der Waals surface area contributed by atoms with Gasteiger partial charge in [0.2, 0.25) is 0 Å². The molecule has 0 spiro atoms. The van der Waals surface area contributed by atoms with Crippen molar-refractivity contribution in [2.45, 2.75) is 25.3 Å². The molecule has 5 nitrogen and oxygen atoms in total. The van der Waals surface area contributed by atoms with Gasteiger partial charge in [0.05, 0.1) is 0 Å². The number of pyridine rings is 1. The molecule has 5 heteroatoms. The molecular formula is C13H14N4O. The Kier molecular flexibility index (Phi) is 2.80. The molecule has 1 aliphatic rings. The summed E-state index contributed by atoms with van der Waals surface area (Å²) in [6.07, 6.45) is 5.77. The maximum absolute atomic E-state index is 11.5. The molecule has 2 heterocycles. The summed E-state index contributed by atoms with van der Waals surface area (Å²) in [5, 5.41) is 3.15. The van der Waals surface area contributed by atoms with Crippen LogP contribution in [0.15, 0.2) is 35.4 Å². The Morgan fingerprint density at radius 2 is 2.33 bits per heavy atom. The summed E-state index contributed by atoms with van der Waals surface area (Å²) in [5.74, 6) is 1.87. The SMILES string of the molecule is O=c1cc(NCc2cccnc2)nc(C2CC2)[nH]1. The van der Waals surface area contributed by atoms with Crippen molar-refractivity contribution < 1.29 is 0 Å². The van der Waals surface area contributed by atoms with Crippen LogP contribution in [0.5, 0.6) is 0 Å². The molecule has 2 aromatic rings. The van der Waals surface area contributed by atoms with Crippen LogP contribution in [0.1, 0.15) is 30.1 Å². The Morgan fingerprint density at radius 3 is 3.06 bits per heavy atom. The summed E-state index contributed by atoms with van der Waals surface area (Å²) in [5.41, 5.74) is 0.966. The average Bonchev–Trinajstić information content (AvgIpc) is 3.21. The van der Waals surface area contributed by atoms with Gasteiger partial charge in [-0.05, 0) is 24.5 Å². The van der Waals surface area contributed by atoms with Crippen molar-refractivity contribution in [2.75, 3.05) is 5.32 Å². The highest BCUT2D eigenvalue weighted by molar-refractivity contribution is 5.35. The van der Waals surface area contributed by atoms with Gasteiger partial charge >= 0.3 is 0 Å². The third-order valence-electron chi connectivity index (χ3n) is 2.92. The van der Waals surface area contributed by atoms with Crippen molar-refractivity contribution >= 4 is 5.82 Å². The van der Waals surface area contributed by atoms with Gasteiger partial charge in [0.15, 0.2) is 0 Å². The van der Waals surface area contributed by atoms with E-state index in [2.05, 4.69) is 20.3 Å². The van der Waals surface area contributed by atoms with Crippen LogP contribution in [0.3, 0.4) is 0 Å². The number of rotatable bonds is 4. The van der Waals surface area contributed by atoms with Crippen LogP contribution in [0, 0.1) is 0 Å². The summed E-state index contributed by atoms with van der Waals surface area (Å²) < 4.78 is 0. The normalized spacial score (nSPS) is 14.4. The standard InChI is InChI=1S/C13H14N4O/c18-12-6-11(16-13(17-12)10-3-4-10)15-8-9-2-1-5-14-7-9/h1-2,5-7,10H,3-4,8H2,(H2,15,16,17,18). The highest BCUT2D eigenvalue weighted by Crippen LogP contribution is 2.37. The maximum Gasteiger partial charge on any atom is 0.252 e. The lowest BCUT2D eigenvalue weighted by Gasteiger charge is -2.06. The predicted molar refractivity (Wildman–Crippen MR) is 68.4 cm³/mol. The molecule has 0 aliphatic heterocycles. The van der Waals surface area contributed by atoms with Gasteiger partial charge in [0, 0.05) is 30.9 Å². The second-order valence-corrected chi connectivity index (χ2v) is 4.50. The molecule has 0 amide bonds. The van der Waals surface area contributed by atoms with Crippen LogP contribution >= 0.6 is 0 Å². The Morgan fingerprint density at radius 1 is 1.44 bits per heavy atom. The Bertz CT molecular complexity index is 589. The number of anilines is 1. The molecule has 0 aromatic carbocycles. The minimum atomic E-state index is -0.0967. The third kappa shape index (κ3) is 2.56. The van der Waals surface area contributed by atoms with Crippen LogP contribution in [0.25, 0.3) is 0 Å². The minimum Gasteiger partial charge on any atom is -0.366 e. The van der Waals surface area contributed by atoms with Crippen LogP contribution < -0.4 is 10.9 Å². The Labute approximate surface area is 104 Å². The van der Waals surface area contributed by atoms with Crippen LogP contribution in [0.4, 0.5) is 5.82 Å². The van der Waals surface area contributed by atoms with Gasteiger partial charge in [-0.15, -0.1) is 0 Å². The molecular weight excluding hydrogens is 228 g/mol. The van der Waals surface area contributed by atoms with Crippen molar-refractivity contribution in [1.82, 2.24) is 15.0 Å². The zero-order valence-electron chi connectivity index (χ0n) is 9.89. The van der Waals surface area contributed by atoms with E-state index in [1.165, 1.54) is 6.07 Å². The number of aromatic amines is 1. The van der Waals surface area contributed by atoms with E-state index in [-0.39, 0.29) is 5.56 Å². The molecule has 1 fully saturated rings. The Hall–Kier alpha value is -2.17. The molecule has 1 saturated carbocycles. The van der Waals surface area contributed by atoms with Gasteiger partial charge in [0.25, 0.3) is 5.56 Å². The first-order valence-corrected chi connectivity index (χ1v) is 6.05. The fourth-order valence-corrected chi connectivity index (χ4v) is 1.81. The van der Waals surface area contributed by atoms with Gasteiger partial charge < -0.3 is 10.3 Å². The van der Waals surface area contributed by atoms with E-state index in [0.717, 1.165) is 24.2 Å². The second-order valence-electron chi connectivity index (χ2n) is 4.50. The van der Waals surface area contributed by atoms with E-state index in [4.69, 9.17) is 0 Å². The quantitative estimate of drug-likeness (QED) is 0.855. The van der Waals surface area contributed by atoms with Crippen molar-refractivity contribution in [3.63, 3.8) is 0 Å². The summed E-state index contributed by atoms with van der Waals surface area (Å²) in [4.78, 5) is 22.8. The fraction of sp³-hybridized carbons (Fsp3) is 0.308. The lowest BCUT2D eigenvalue weighted by atomic mass is 10.3. The molecule has 0 unspecified atom stereocenters. The van der Waals surface area contributed by atoms with Gasteiger partial charge in [-0.25, -0.2) is 4.98 Å². The minimum absolute atomic E-state index is 0.0967. The van der Waals surface area contributed by atoms with E-state index in [1.54, 1.807) is 12.4 Å². The highest BCUT2D eigenvalue weighted by Gasteiger charge is 2.26. The van der Waals surface area contributed by atoms with Crippen molar-refractivity contribution in [2.24, 2.45) is 0 Å². The van der Waals surface area contributed by atoms with E-state index in [9.17, 15) is 4.79 Å². The van der Waals surface area contributed by atoms with Crippen molar-refractivity contribution in [1.29, 1.82) is 0 Å². The Balaban J connectivity index is 1.74. The molecule has 1 aliphatic carbocycles. The predicted octanol–water partition coefficient (Wildman–Crippen LogP) is 1.65. The molecule has 0 saturated heterocycles. The molecule has 18 heavy (non-hydrogen) atoms. The van der Waals surface area contributed by atoms with E-state index in [1.807, 2.05) is 12.1 Å². The number of hydrogen-bond donors (Lipinski definition) is 2. The second kappa shape index (κ2) is 4.60. The van der Waals surface area contributed by atoms with Crippen molar-refractivity contribution in [3.05, 3.63) is 52.3 Å². The number of nitrogens with zero attached hydrogens (tertiary/aromatic N) is 2. The highest BCUT2D eigenvalue weighted by atomic mass is 16.1. The summed E-state index contributed by atoms with van der Waals surface area (Å²) in [6, 6.07) is 5.36. The molecule has 92 valence electrons. The third-order valence-corrected chi connectivity index (χ3v) is 2.92. The average molecular weight is 242 g/mol. The summed E-state index contributed by atoms with van der Waals surface area (Å²) in [7, 11) is 0. The molecule has 2 N–H and O–H groups in total. The topological polar surface area (TPSA) is 70.7 Å². The zero-order chi connectivity index (χ0) is 12.4. The molecule has 0 radical (unpaired) electrons. The first-order chi connectivity index (χ1) is 8.81. The van der Waals surface area contributed by atoms with Gasteiger partial charge in [0.1, 0.15) is 11.6 Å². The number of hydrogen-bond acceptors (Lipinski definition) is 4. The summed E-state index contributed by atoms with van der Waals surface area (Å²) >= 11 is 0. The first kappa shape index (κ1) is 11.0. The summed E-state index contributed by atoms with van der Waals surface area (Å²) in [6.45, 7) is 0.619. The van der Waals surface area contributed by atoms with E-state index in [0.29, 0.717) is 18.3 Å². The number of H-pyrrole nitrogens is 1. The molecule has 0 atom stereocenters. The lowest BCUT2D eigenvalue weighted by Crippen LogP contribution is -2.13. The smallest absolute Gasteiger partial charge is 0.252 e. The van der Waals surface area contributed by atoms with Gasteiger partial charge in [-0.3, -0.25) is 9.78 Å². The van der Waals surface area contributed by atoms with E-state index >= 15 is 0 Å². The van der Waals surface area contributed by atoms with Crippen LogP contribution in [0.2, 0.25) is 0 Å². The number of aromatic nitrogens is 3. The molecule has 3 rings (SSSR count). The fourth-order valence-electron chi connectivity index (χ4n) is 1.81. The number of nitrogens with one attached hydrogen (secondary N) is 2. The molecule has 0 bridgehead atoms. The maximum atomic E-state index is 11.5. The molecule has 2 aromatic heterocycles. The zero-order valence-corrected chi connectivity index (χ0v) is 9.89. The van der Waals surface area contributed by atoms with E-state index < -0.39 is 0 Å². The van der Waals surface area contributed by atoms with Crippen molar-refractivity contribution in [3.8, 4) is 0 Å². The van der Waals surface area contributed by atoms with Crippen LogP contribution in [-0.2, 0) is 6.54 Å². The van der Waals surface area contributed by atoms with Crippen LogP contribution in [-0.4, -0.2) is 15.0 Å². The lowest BCUT2D eigenvalue weighted by molar-refractivity contribution is 0.903. The van der Waals surface area contributed by atoms with Gasteiger partial charge in [-0.1, -0.05) is 6.07 Å².